The lowest BCUT2D eigenvalue weighted by molar-refractivity contribution is 0.297. The average molecular weight is 473 g/mol. The zero-order chi connectivity index (χ0) is 19.2. The maximum atomic E-state index is 13.9. The van der Waals surface area contributed by atoms with Gasteiger partial charge in [0.15, 0.2) is 0 Å². The number of hydrogen-bond acceptors (Lipinski definition) is 2. The molecule has 3 rings (SSSR count). The van der Waals surface area contributed by atoms with Crippen LogP contribution < -0.4 is 4.74 Å². The standard InChI is InChI=1S/C22H14F2INO/c23-19-7-3-1-5-16(19)14-27-22-10-9-15(12-21(22)25)11-17(13-26)18-6-2-4-8-20(18)24/h1-12H,14H2/b17-11-. The molecule has 0 saturated carbocycles. The molecule has 2 nitrogen and oxygen atoms in total. The van der Waals surface area contributed by atoms with Crippen LogP contribution in [0.15, 0.2) is 66.7 Å². The third kappa shape index (κ3) is 4.72. The van der Waals surface area contributed by atoms with Crippen molar-refractivity contribution >= 4 is 34.2 Å². The Kier molecular flexibility index (Phi) is 6.20. The van der Waals surface area contributed by atoms with Crippen LogP contribution in [-0.4, -0.2) is 0 Å². The van der Waals surface area contributed by atoms with Gasteiger partial charge >= 0.3 is 0 Å². The maximum Gasteiger partial charge on any atom is 0.133 e. The van der Waals surface area contributed by atoms with E-state index in [9.17, 15) is 14.0 Å². The lowest BCUT2D eigenvalue weighted by Gasteiger charge is -2.10. The second kappa shape index (κ2) is 8.78. The number of benzene rings is 3. The minimum Gasteiger partial charge on any atom is -0.488 e. The highest BCUT2D eigenvalue weighted by Gasteiger charge is 2.09. The van der Waals surface area contributed by atoms with Gasteiger partial charge in [0, 0.05) is 11.1 Å². The van der Waals surface area contributed by atoms with E-state index in [0.717, 1.165) is 9.13 Å². The van der Waals surface area contributed by atoms with Gasteiger partial charge < -0.3 is 4.74 Å². The molecule has 0 spiro atoms. The summed E-state index contributed by atoms with van der Waals surface area (Å²) in [6, 6.07) is 20.0. The van der Waals surface area contributed by atoms with Gasteiger partial charge in [-0.2, -0.15) is 5.26 Å². The van der Waals surface area contributed by atoms with Crippen molar-refractivity contribution in [3.05, 3.63) is 98.6 Å². The second-order valence-electron chi connectivity index (χ2n) is 5.72. The average Bonchev–Trinajstić information content (AvgIpc) is 2.67. The first-order chi connectivity index (χ1) is 13.1. The summed E-state index contributed by atoms with van der Waals surface area (Å²) in [5.74, 6) is -0.138. The Bertz CT molecular complexity index is 1040. The Labute approximate surface area is 169 Å². The summed E-state index contributed by atoms with van der Waals surface area (Å²) >= 11 is 2.11. The van der Waals surface area contributed by atoms with Crippen LogP contribution in [0.2, 0.25) is 0 Å². The monoisotopic (exact) mass is 473 g/mol. The summed E-state index contributed by atoms with van der Waals surface area (Å²) in [5, 5.41) is 9.38. The Hall–Kier alpha value is -2.72. The van der Waals surface area contributed by atoms with E-state index in [0.29, 0.717) is 11.3 Å². The molecule has 0 heterocycles. The van der Waals surface area contributed by atoms with Crippen LogP contribution in [0.1, 0.15) is 16.7 Å². The van der Waals surface area contributed by atoms with E-state index in [-0.39, 0.29) is 23.6 Å². The molecular formula is C22H14F2INO. The first-order valence-corrected chi connectivity index (χ1v) is 9.19. The molecule has 0 saturated heterocycles. The summed E-state index contributed by atoms with van der Waals surface area (Å²) in [5.41, 5.74) is 1.72. The van der Waals surface area contributed by atoms with Gasteiger partial charge in [0.2, 0.25) is 0 Å². The van der Waals surface area contributed by atoms with Crippen LogP contribution in [0, 0.1) is 26.5 Å². The molecule has 3 aromatic carbocycles. The highest BCUT2D eigenvalue weighted by Crippen LogP contribution is 2.26. The van der Waals surface area contributed by atoms with Crippen LogP contribution in [-0.2, 0) is 6.61 Å². The number of ether oxygens (including phenoxy) is 1. The zero-order valence-corrected chi connectivity index (χ0v) is 16.3. The van der Waals surface area contributed by atoms with E-state index in [2.05, 4.69) is 22.6 Å². The second-order valence-corrected chi connectivity index (χ2v) is 6.88. The number of rotatable bonds is 5. The van der Waals surface area contributed by atoms with Gasteiger partial charge in [-0.05, 0) is 58.5 Å². The lowest BCUT2D eigenvalue weighted by atomic mass is 10.0. The molecular weight excluding hydrogens is 459 g/mol. The third-order valence-electron chi connectivity index (χ3n) is 3.89. The van der Waals surface area contributed by atoms with Gasteiger partial charge in [-0.1, -0.05) is 42.5 Å². The minimum absolute atomic E-state index is 0.122. The van der Waals surface area contributed by atoms with Gasteiger partial charge in [0.1, 0.15) is 24.0 Å². The molecule has 0 bridgehead atoms. The van der Waals surface area contributed by atoms with Crippen LogP contribution in [0.3, 0.4) is 0 Å². The fourth-order valence-electron chi connectivity index (χ4n) is 2.51. The van der Waals surface area contributed by atoms with Crippen molar-refractivity contribution in [1.82, 2.24) is 0 Å². The molecule has 0 radical (unpaired) electrons. The molecule has 5 heteroatoms. The van der Waals surface area contributed by atoms with E-state index in [1.54, 1.807) is 54.6 Å². The van der Waals surface area contributed by atoms with Crippen LogP contribution in [0.5, 0.6) is 5.75 Å². The fourth-order valence-corrected chi connectivity index (χ4v) is 3.21. The molecule has 0 atom stereocenters. The highest BCUT2D eigenvalue weighted by molar-refractivity contribution is 14.1. The van der Waals surface area contributed by atoms with Crippen LogP contribution in [0.25, 0.3) is 11.6 Å². The van der Waals surface area contributed by atoms with Crippen LogP contribution >= 0.6 is 22.6 Å². The fraction of sp³-hybridized carbons (Fsp3) is 0.0455. The van der Waals surface area contributed by atoms with E-state index < -0.39 is 5.82 Å². The molecule has 0 aromatic heterocycles. The predicted octanol–water partition coefficient (Wildman–Crippen LogP) is 6.21. The number of halogens is 3. The van der Waals surface area contributed by atoms with Gasteiger partial charge in [-0.15, -0.1) is 0 Å². The number of hydrogen-bond donors (Lipinski definition) is 0. The molecule has 0 unspecified atom stereocenters. The van der Waals surface area contributed by atoms with Crippen molar-refractivity contribution in [2.24, 2.45) is 0 Å². The van der Waals surface area contributed by atoms with E-state index in [1.165, 1.54) is 12.1 Å². The van der Waals surface area contributed by atoms with E-state index in [1.807, 2.05) is 12.1 Å². The normalized spacial score (nSPS) is 11.1. The summed E-state index contributed by atoms with van der Waals surface area (Å²) in [4.78, 5) is 0. The van der Waals surface area contributed by atoms with Crippen molar-refractivity contribution in [2.45, 2.75) is 6.61 Å². The first-order valence-electron chi connectivity index (χ1n) is 8.11. The quantitative estimate of drug-likeness (QED) is 0.251. The van der Waals surface area contributed by atoms with E-state index in [4.69, 9.17) is 4.74 Å². The Balaban J connectivity index is 1.81. The largest absolute Gasteiger partial charge is 0.488 e. The van der Waals surface area contributed by atoms with Crippen molar-refractivity contribution in [3.63, 3.8) is 0 Å². The zero-order valence-electron chi connectivity index (χ0n) is 14.1. The molecule has 0 aliphatic heterocycles. The van der Waals surface area contributed by atoms with Crippen molar-refractivity contribution in [2.75, 3.05) is 0 Å². The first kappa shape index (κ1) is 19.1. The van der Waals surface area contributed by atoms with E-state index >= 15 is 0 Å². The molecule has 0 aliphatic carbocycles. The topological polar surface area (TPSA) is 33.0 Å². The molecule has 27 heavy (non-hydrogen) atoms. The maximum absolute atomic E-state index is 13.9. The van der Waals surface area contributed by atoms with Crippen LogP contribution in [0.4, 0.5) is 8.78 Å². The molecule has 134 valence electrons. The molecule has 0 N–H and O–H groups in total. The van der Waals surface area contributed by atoms with Gasteiger partial charge in [-0.25, -0.2) is 8.78 Å². The number of nitrogens with zero attached hydrogens (tertiary/aromatic N) is 1. The molecule has 3 aromatic rings. The smallest absolute Gasteiger partial charge is 0.133 e. The van der Waals surface area contributed by atoms with Gasteiger partial charge in [0.05, 0.1) is 15.2 Å². The third-order valence-corrected chi connectivity index (χ3v) is 4.74. The Morgan fingerprint density at radius 2 is 1.70 bits per heavy atom. The van der Waals surface area contributed by atoms with Crippen molar-refractivity contribution in [3.8, 4) is 11.8 Å². The number of nitriles is 1. The minimum atomic E-state index is -0.440. The highest BCUT2D eigenvalue weighted by atomic mass is 127. The summed E-state index contributed by atoms with van der Waals surface area (Å²) in [6.07, 6.45) is 1.63. The number of allylic oxidation sites excluding steroid dienone is 1. The summed E-state index contributed by atoms with van der Waals surface area (Å²) in [7, 11) is 0. The Morgan fingerprint density at radius 1 is 1.00 bits per heavy atom. The SMILES string of the molecule is N#C/C(=C/c1ccc(OCc2ccccc2F)c(I)c1)c1ccccc1F. The summed E-state index contributed by atoms with van der Waals surface area (Å²) < 4.78 is 34.1. The Morgan fingerprint density at radius 3 is 2.37 bits per heavy atom. The van der Waals surface area contributed by atoms with Crippen molar-refractivity contribution < 1.29 is 13.5 Å². The molecule has 0 amide bonds. The lowest BCUT2D eigenvalue weighted by Crippen LogP contribution is -1.99. The van der Waals surface area contributed by atoms with Gasteiger partial charge in [-0.3, -0.25) is 0 Å². The predicted molar refractivity (Wildman–Crippen MR) is 110 cm³/mol. The molecule has 0 aliphatic rings. The molecule has 0 fully saturated rings. The summed E-state index contributed by atoms with van der Waals surface area (Å²) in [6.45, 7) is 0.122. The van der Waals surface area contributed by atoms with Crippen molar-refractivity contribution in [1.29, 1.82) is 5.26 Å². The van der Waals surface area contributed by atoms with Gasteiger partial charge in [0.25, 0.3) is 0 Å².